The molecule has 1 N–H and O–H groups in total. The molecule has 108 valence electrons. The number of nitrogens with zero attached hydrogens (tertiary/aromatic N) is 2. The van der Waals surface area contributed by atoms with Gasteiger partial charge in [-0.15, -0.1) is 0 Å². The van der Waals surface area contributed by atoms with Gasteiger partial charge < -0.3 is 10.1 Å². The normalized spacial score (nSPS) is 10.8. The number of aromatic nitrogens is 2. The lowest BCUT2D eigenvalue weighted by Gasteiger charge is -2.11. The first-order chi connectivity index (χ1) is 9.72. The monoisotopic (exact) mass is 273 g/mol. The van der Waals surface area contributed by atoms with E-state index < -0.39 is 0 Å². The molecule has 0 fully saturated rings. The van der Waals surface area contributed by atoms with Gasteiger partial charge in [-0.25, -0.2) is 0 Å². The smallest absolute Gasteiger partial charge is 0.123 e. The van der Waals surface area contributed by atoms with Crippen molar-refractivity contribution in [2.45, 2.75) is 33.4 Å². The van der Waals surface area contributed by atoms with Crippen molar-refractivity contribution in [2.75, 3.05) is 13.7 Å². The van der Waals surface area contributed by atoms with E-state index in [-0.39, 0.29) is 0 Å². The van der Waals surface area contributed by atoms with Crippen LogP contribution >= 0.6 is 0 Å². The van der Waals surface area contributed by atoms with Crippen LogP contribution in [0.25, 0.3) is 0 Å². The number of methoxy groups -OCH3 is 1. The Morgan fingerprint density at radius 2 is 2.15 bits per heavy atom. The number of aryl methyl sites for hydroxylation is 1. The summed E-state index contributed by atoms with van der Waals surface area (Å²) in [6.07, 6.45) is 3.15. The molecule has 1 heterocycles. The average Bonchev–Trinajstić information content (AvgIpc) is 2.85. The fourth-order valence-electron chi connectivity index (χ4n) is 2.20. The van der Waals surface area contributed by atoms with Gasteiger partial charge in [0.25, 0.3) is 0 Å². The van der Waals surface area contributed by atoms with Crippen molar-refractivity contribution < 1.29 is 4.74 Å². The van der Waals surface area contributed by atoms with Crippen LogP contribution < -0.4 is 10.1 Å². The number of ether oxygens (including phenoxy) is 1. The second-order valence-electron chi connectivity index (χ2n) is 4.98. The summed E-state index contributed by atoms with van der Waals surface area (Å²) in [5.41, 5.74) is 3.47. The number of benzene rings is 1. The summed E-state index contributed by atoms with van der Waals surface area (Å²) >= 11 is 0. The molecule has 0 amide bonds. The molecule has 0 radical (unpaired) electrons. The van der Waals surface area contributed by atoms with Crippen molar-refractivity contribution in [3.63, 3.8) is 0 Å². The maximum absolute atomic E-state index is 5.44. The zero-order chi connectivity index (χ0) is 14.4. The first-order valence-corrected chi connectivity index (χ1v) is 7.09. The van der Waals surface area contributed by atoms with E-state index in [2.05, 4.69) is 29.5 Å². The maximum atomic E-state index is 5.44. The highest BCUT2D eigenvalue weighted by Gasteiger charge is 2.06. The van der Waals surface area contributed by atoms with E-state index in [1.807, 2.05) is 29.9 Å². The molecule has 2 aromatic rings. The second-order valence-corrected chi connectivity index (χ2v) is 4.98. The minimum absolute atomic E-state index is 0.735. The van der Waals surface area contributed by atoms with E-state index in [9.17, 15) is 0 Å². The van der Waals surface area contributed by atoms with E-state index in [0.29, 0.717) is 0 Å². The van der Waals surface area contributed by atoms with Crippen molar-refractivity contribution in [1.82, 2.24) is 15.1 Å². The molecule has 1 aromatic carbocycles. The van der Waals surface area contributed by atoms with Crippen LogP contribution in [-0.2, 0) is 13.1 Å². The summed E-state index contributed by atoms with van der Waals surface area (Å²) in [5.74, 6) is 0.914. The third kappa shape index (κ3) is 3.84. The molecule has 1 aromatic heterocycles. The molecule has 20 heavy (non-hydrogen) atoms. The number of rotatable bonds is 7. The molecule has 0 aliphatic heterocycles. The Kier molecular flexibility index (Phi) is 5.18. The van der Waals surface area contributed by atoms with Gasteiger partial charge in [-0.2, -0.15) is 5.10 Å². The summed E-state index contributed by atoms with van der Waals surface area (Å²) < 4.78 is 7.38. The van der Waals surface area contributed by atoms with Gasteiger partial charge in [-0.1, -0.05) is 13.0 Å². The third-order valence-electron chi connectivity index (χ3n) is 3.21. The highest BCUT2D eigenvalue weighted by molar-refractivity contribution is 5.37. The summed E-state index contributed by atoms with van der Waals surface area (Å²) in [6.45, 7) is 6.84. The van der Waals surface area contributed by atoms with E-state index in [0.717, 1.165) is 43.1 Å². The zero-order valence-electron chi connectivity index (χ0n) is 12.5. The second kappa shape index (κ2) is 7.10. The Morgan fingerprint density at radius 3 is 2.80 bits per heavy atom. The number of hydrogen-bond acceptors (Lipinski definition) is 3. The number of hydrogen-bond donors (Lipinski definition) is 1. The summed E-state index contributed by atoms with van der Waals surface area (Å²) in [5, 5.41) is 7.85. The Labute approximate surface area is 120 Å². The molecule has 2 rings (SSSR count). The van der Waals surface area contributed by atoms with Crippen molar-refractivity contribution in [3.8, 4) is 5.75 Å². The summed E-state index contributed by atoms with van der Waals surface area (Å²) in [7, 11) is 1.71. The van der Waals surface area contributed by atoms with Gasteiger partial charge in [0.15, 0.2) is 0 Å². The van der Waals surface area contributed by atoms with Crippen LogP contribution in [0.5, 0.6) is 5.75 Å². The predicted molar refractivity (Wildman–Crippen MR) is 81.1 cm³/mol. The molecular weight excluding hydrogens is 250 g/mol. The first-order valence-electron chi connectivity index (χ1n) is 7.09. The largest absolute Gasteiger partial charge is 0.496 e. The predicted octanol–water partition coefficient (Wildman–Crippen LogP) is 2.75. The van der Waals surface area contributed by atoms with Gasteiger partial charge in [0.2, 0.25) is 0 Å². The van der Waals surface area contributed by atoms with Crippen LogP contribution in [0.4, 0.5) is 0 Å². The molecule has 0 saturated heterocycles. The third-order valence-corrected chi connectivity index (χ3v) is 3.21. The SMILES string of the molecule is CCCNCc1ccc(OC)c(Cn2ccc(C)n2)c1. The van der Waals surface area contributed by atoms with Crippen molar-refractivity contribution in [2.24, 2.45) is 0 Å². The van der Waals surface area contributed by atoms with Crippen LogP contribution in [0.2, 0.25) is 0 Å². The standard InChI is InChI=1S/C16H23N3O/c1-4-8-17-11-14-5-6-16(20-3)15(10-14)12-19-9-7-13(2)18-19/h5-7,9-10,17H,4,8,11-12H2,1-3H3. The Bertz CT molecular complexity index is 548. The van der Waals surface area contributed by atoms with Crippen LogP contribution in [-0.4, -0.2) is 23.4 Å². The topological polar surface area (TPSA) is 39.1 Å². The lowest BCUT2D eigenvalue weighted by Crippen LogP contribution is -2.14. The lowest BCUT2D eigenvalue weighted by molar-refractivity contribution is 0.407. The van der Waals surface area contributed by atoms with Crippen LogP contribution in [0, 0.1) is 6.92 Å². The van der Waals surface area contributed by atoms with Crippen LogP contribution in [0.1, 0.15) is 30.2 Å². The van der Waals surface area contributed by atoms with Crippen molar-refractivity contribution in [3.05, 3.63) is 47.3 Å². The molecule has 4 heteroatoms. The van der Waals surface area contributed by atoms with Crippen LogP contribution in [0.3, 0.4) is 0 Å². The van der Waals surface area contributed by atoms with Gasteiger partial charge in [0, 0.05) is 18.3 Å². The molecule has 0 bridgehead atoms. The number of nitrogens with one attached hydrogen (secondary N) is 1. The van der Waals surface area contributed by atoms with E-state index in [1.165, 1.54) is 5.56 Å². The van der Waals surface area contributed by atoms with Crippen LogP contribution in [0.15, 0.2) is 30.5 Å². The molecule has 0 aliphatic rings. The van der Waals surface area contributed by atoms with Gasteiger partial charge in [0.05, 0.1) is 19.3 Å². The average molecular weight is 273 g/mol. The minimum atomic E-state index is 0.735. The van der Waals surface area contributed by atoms with E-state index >= 15 is 0 Å². The molecule has 4 nitrogen and oxygen atoms in total. The van der Waals surface area contributed by atoms with Gasteiger partial charge in [-0.3, -0.25) is 4.68 Å². The fraction of sp³-hybridized carbons (Fsp3) is 0.438. The zero-order valence-corrected chi connectivity index (χ0v) is 12.5. The fourth-order valence-corrected chi connectivity index (χ4v) is 2.20. The van der Waals surface area contributed by atoms with Gasteiger partial charge >= 0.3 is 0 Å². The molecule has 0 atom stereocenters. The molecule has 0 spiro atoms. The molecular formula is C16H23N3O. The molecule has 0 aliphatic carbocycles. The quantitative estimate of drug-likeness (QED) is 0.788. The first kappa shape index (κ1) is 14.6. The molecule has 0 saturated carbocycles. The Morgan fingerprint density at radius 1 is 1.30 bits per heavy atom. The minimum Gasteiger partial charge on any atom is -0.496 e. The summed E-state index contributed by atoms with van der Waals surface area (Å²) in [6, 6.07) is 8.35. The molecule has 0 unspecified atom stereocenters. The van der Waals surface area contributed by atoms with E-state index in [4.69, 9.17) is 4.74 Å². The lowest BCUT2D eigenvalue weighted by atomic mass is 10.1. The van der Waals surface area contributed by atoms with E-state index in [1.54, 1.807) is 7.11 Å². The van der Waals surface area contributed by atoms with Crippen molar-refractivity contribution >= 4 is 0 Å². The Hall–Kier alpha value is -1.81. The maximum Gasteiger partial charge on any atom is 0.123 e. The van der Waals surface area contributed by atoms with Crippen molar-refractivity contribution in [1.29, 1.82) is 0 Å². The highest BCUT2D eigenvalue weighted by Crippen LogP contribution is 2.21. The van der Waals surface area contributed by atoms with Gasteiger partial charge in [-0.05, 0) is 43.7 Å². The highest BCUT2D eigenvalue weighted by atomic mass is 16.5. The van der Waals surface area contributed by atoms with Gasteiger partial charge in [0.1, 0.15) is 5.75 Å². The Balaban J connectivity index is 2.13. The summed E-state index contributed by atoms with van der Waals surface area (Å²) in [4.78, 5) is 0.